The molecule has 0 atom stereocenters. The summed E-state index contributed by atoms with van der Waals surface area (Å²) >= 11 is 0. The van der Waals surface area contributed by atoms with Gasteiger partial charge in [0, 0.05) is 33.8 Å². The van der Waals surface area contributed by atoms with Gasteiger partial charge in [0.05, 0.1) is 0 Å². The first-order chi connectivity index (χ1) is 10.7. The van der Waals surface area contributed by atoms with E-state index in [1.54, 1.807) is 30.5 Å². The van der Waals surface area contributed by atoms with Crippen molar-refractivity contribution in [3.05, 3.63) is 77.0 Å². The number of rotatable bonds is 1. The number of hydrogen-bond donors (Lipinski definition) is 2. The van der Waals surface area contributed by atoms with E-state index >= 15 is 0 Å². The summed E-state index contributed by atoms with van der Waals surface area (Å²) < 4.78 is 0. The second-order valence-electron chi connectivity index (χ2n) is 5.18. The molecule has 0 unspecified atom stereocenters. The average molecular weight is 289 g/mol. The van der Waals surface area contributed by atoms with E-state index in [0.717, 1.165) is 10.9 Å². The third-order valence-corrected chi connectivity index (χ3v) is 3.95. The number of H-pyrrole nitrogens is 1. The molecule has 22 heavy (non-hydrogen) atoms. The number of Topliss-reactive ketones (excluding diaryl/α,β-unsaturated/α-hetero) is 2. The molecule has 0 saturated heterocycles. The molecule has 1 aliphatic rings. The molecule has 0 spiro atoms. The number of para-hydroxylation sites is 1. The van der Waals surface area contributed by atoms with E-state index in [0.29, 0.717) is 16.7 Å². The quantitative estimate of drug-likeness (QED) is 0.409. The van der Waals surface area contributed by atoms with Crippen LogP contribution < -0.4 is 0 Å². The predicted molar refractivity (Wildman–Crippen MR) is 83.0 cm³/mol. The van der Waals surface area contributed by atoms with Gasteiger partial charge in [-0.1, -0.05) is 42.5 Å². The van der Waals surface area contributed by atoms with Gasteiger partial charge in [-0.25, -0.2) is 0 Å². The molecule has 0 saturated carbocycles. The number of benzene rings is 2. The van der Waals surface area contributed by atoms with E-state index < -0.39 is 11.6 Å². The Bertz CT molecular complexity index is 942. The van der Waals surface area contributed by atoms with Crippen LogP contribution in [0.4, 0.5) is 0 Å². The standard InChI is InChI=1S/C18H11NO3/c20-16-11-6-1-2-7-12(11)17(21)15(16)18(22)13-9-19-14-8-4-3-5-10(13)14/h1-9,19,22H. The van der Waals surface area contributed by atoms with Crippen molar-refractivity contribution in [2.24, 2.45) is 0 Å². The number of allylic oxidation sites excluding steroid dienone is 1. The number of aliphatic hydroxyl groups excluding tert-OH is 1. The van der Waals surface area contributed by atoms with Gasteiger partial charge in [0.25, 0.3) is 0 Å². The molecule has 0 fully saturated rings. The molecule has 0 amide bonds. The fourth-order valence-electron chi connectivity index (χ4n) is 2.87. The van der Waals surface area contributed by atoms with Crippen LogP contribution in [0, 0.1) is 0 Å². The Morgan fingerprint density at radius 3 is 2.14 bits per heavy atom. The average Bonchev–Trinajstić information content (AvgIpc) is 3.08. The first kappa shape index (κ1) is 12.6. The summed E-state index contributed by atoms with van der Waals surface area (Å²) in [5.41, 5.74) is 1.81. The highest BCUT2D eigenvalue weighted by Gasteiger charge is 2.36. The number of aliphatic hydroxyl groups is 1. The Morgan fingerprint density at radius 2 is 1.45 bits per heavy atom. The molecule has 0 aliphatic heterocycles. The van der Waals surface area contributed by atoms with Crippen molar-refractivity contribution in [3.63, 3.8) is 0 Å². The SMILES string of the molecule is O=C1C(=C(O)c2c[nH]c3ccccc23)C(=O)c2ccccc21. The highest BCUT2D eigenvalue weighted by atomic mass is 16.3. The van der Waals surface area contributed by atoms with Gasteiger partial charge in [-0.05, 0) is 6.07 Å². The van der Waals surface area contributed by atoms with E-state index in [-0.39, 0.29) is 11.3 Å². The van der Waals surface area contributed by atoms with Crippen molar-refractivity contribution in [3.8, 4) is 0 Å². The van der Waals surface area contributed by atoms with Crippen LogP contribution in [-0.2, 0) is 0 Å². The zero-order chi connectivity index (χ0) is 15.3. The summed E-state index contributed by atoms with van der Waals surface area (Å²) in [4.78, 5) is 27.9. The lowest BCUT2D eigenvalue weighted by molar-refractivity contribution is 0.0987. The minimum Gasteiger partial charge on any atom is -0.506 e. The summed E-state index contributed by atoms with van der Waals surface area (Å²) in [5, 5.41) is 11.3. The van der Waals surface area contributed by atoms with Crippen LogP contribution in [0.25, 0.3) is 16.7 Å². The highest BCUT2D eigenvalue weighted by molar-refractivity contribution is 6.42. The first-order valence-corrected chi connectivity index (χ1v) is 6.86. The molecule has 1 heterocycles. The predicted octanol–water partition coefficient (Wildman–Crippen LogP) is 3.52. The Balaban J connectivity index is 1.96. The zero-order valence-corrected chi connectivity index (χ0v) is 11.5. The number of carbonyl (C=O) groups is 2. The van der Waals surface area contributed by atoms with Crippen LogP contribution in [0.15, 0.2) is 60.3 Å². The third kappa shape index (κ3) is 1.58. The molecule has 4 nitrogen and oxygen atoms in total. The summed E-state index contributed by atoms with van der Waals surface area (Å²) in [6, 6.07) is 14.0. The lowest BCUT2D eigenvalue weighted by Crippen LogP contribution is -2.04. The second-order valence-corrected chi connectivity index (χ2v) is 5.18. The lowest BCUT2D eigenvalue weighted by atomic mass is 10.0. The van der Waals surface area contributed by atoms with Gasteiger partial charge in [0.15, 0.2) is 0 Å². The molecule has 0 radical (unpaired) electrons. The van der Waals surface area contributed by atoms with Crippen molar-refractivity contribution in [1.82, 2.24) is 4.98 Å². The molecule has 2 aromatic carbocycles. The minimum absolute atomic E-state index is 0.161. The van der Waals surface area contributed by atoms with E-state index in [9.17, 15) is 14.7 Å². The number of aromatic nitrogens is 1. The Kier molecular flexibility index (Phi) is 2.53. The number of nitrogens with one attached hydrogen (secondary N) is 1. The number of aromatic amines is 1. The largest absolute Gasteiger partial charge is 0.506 e. The van der Waals surface area contributed by atoms with Crippen molar-refractivity contribution in [2.45, 2.75) is 0 Å². The molecule has 4 heteroatoms. The number of ketones is 2. The molecule has 1 aliphatic carbocycles. The first-order valence-electron chi connectivity index (χ1n) is 6.86. The van der Waals surface area contributed by atoms with Crippen LogP contribution in [0.2, 0.25) is 0 Å². The van der Waals surface area contributed by atoms with Gasteiger partial charge < -0.3 is 10.1 Å². The number of hydrogen-bond acceptors (Lipinski definition) is 3. The summed E-state index contributed by atoms with van der Waals surface area (Å²) in [6.45, 7) is 0. The third-order valence-electron chi connectivity index (χ3n) is 3.95. The van der Waals surface area contributed by atoms with Crippen LogP contribution in [0.5, 0.6) is 0 Å². The Labute approximate surface area is 125 Å². The highest BCUT2D eigenvalue weighted by Crippen LogP contribution is 2.33. The summed E-state index contributed by atoms with van der Waals surface area (Å²) in [7, 11) is 0. The molecular weight excluding hydrogens is 278 g/mol. The monoisotopic (exact) mass is 289 g/mol. The summed E-state index contributed by atoms with van der Waals surface area (Å²) in [6.07, 6.45) is 1.61. The summed E-state index contributed by atoms with van der Waals surface area (Å²) in [5.74, 6) is -1.13. The van der Waals surface area contributed by atoms with Crippen LogP contribution >= 0.6 is 0 Å². The molecule has 1 aromatic heterocycles. The maximum absolute atomic E-state index is 12.4. The zero-order valence-electron chi connectivity index (χ0n) is 11.5. The molecule has 3 aromatic rings. The van der Waals surface area contributed by atoms with Crippen molar-refractivity contribution < 1.29 is 14.7 Å². The number of carbonyl (C=O) groups excluding carboxylic acids is 2. The van der Waals surface area contributed by atoms with E-state index in [2.05, 4.69) is 4.98 Å². The second kappa shape index (κ2) is 4.43. The Hall–Kier alpha value is -3.14. The molecule has 4 rings (SSSR count). The Morgan fingerprint density at radius 1 is 0.864 bits per heavy atom. The maximum atomic E-state index is 12.4. The molecule has 0 bridgehead atoms. The fourth-order valence-corrected chi connectivity index (χ4v) is 2.87. The van der Waals surface area contributed by atoms with Crippen LogP contribution in [0.1, 0.15) is 26.3 Å². The van der Waals surface area contributed by atoms with Gasteiger partial charge in [0.2, 0.25) is 11.6 Å². The maximum Gasteiger partial charge on any atom is 0.201 e. The van der Waals surface area contributed by atoms with Crippen molar-refractivity contribution in [2.75, 3.05) is 0 Å². The fraction of sp³-hybridized carbons (Fsp3) is 0. The molecular formula is C18H11NO3. The van der Waals surface area contributed by atoms with Crippen LogP contribution in [-0.4, -0.2) is 21.7 Å². The van der Waals surface area contributed by atoms with Crippen LogP contribution in [0.3, 0.4) is 0 Å². The van der Waals surface area contributed by atoms with Gasteiger partial charge in [-0.3, -0.25) is 9.59 Å². The lowest BCUT2D eigenvalue weighted by Gasteiger charge is -2.01. The van der Waals surface area contributed by atoms with Gasteiger partial charge in [-0.15, -0.1) is 0 Å². The molecule has 106 valence electrons. The van der Waals surface area contributed by atoms with Gasteiger partial charge in [-0.2, -0.15) is 0 Å². The van der Waals surface area contributed by atoms with E-state index in [4.69, 9.17) is 0 Å². The van der Waals surface area contributed by atoms with E-state index in [1.165, 1.54) is 0 Å². The topological polar surface area (TPSA) is 70.2 Å². The number of fused-ring (bicyclic) bond motifs is 2. The minimum atomic E-state index is -0.427. The molecule has 2 N–H and O–H groups in total. The smallest absolute Gasteiger partial charge is 0.201 e. The van der Waals surface area contributed by atoms with Gasteiger partial charge >= 0.3 is 0 Å². The van der Waals surface area contributed by atoms with Crippen molar-refractivity contribution >= 4 is 28.2 Å². The van der Waals surface area contributed by atoms with Gasteiger partial charge in [0.1, 0.15) is 11.3 Å². The van der Waals surface area contributed by atoms with E-state index in [1.807, 2.05) is 24.3 Å². The normalized spacial score (nSPS) is 13.7. The van der Waals surface area contributed by atoms with Crippen molar-refractivity contribution in [1.29, 1.82) is 0 Å².